The van der Waals surface area contributed by atoms with Gasteiger partial charge >= 0.3 is 0 Å². The van der Waals surface area contributed by atoms with Crippen LogP contribution < -0.4 is 10.1 Å². The van der Waals surface area contributed by atoms with Gasteiger partial charge < -0.3 is 19.6 Å². The standard InChI is InChI=1S/C23H21F4NO4/c1-21(2)16-13(10-14(24)17(25)18(16)31-4)19(22(3,30)23(21,26)27)28-20(29)12-5-6-15-11(9-12)7-8-32-15/h5-10,19,30H,1-4H3,(H,28,29). The van der Waals surface area contributed by atoms with Crippen LogP contribution in [-0.2, 0) is 5.41 Å². The van der Waals surface area contributed by atoms with Crippen molar-refractivity contribution in [3.05, 3.63) is 64.9 Å². The zero-order chi connectivity index (χ0) is 23.6. The fourth-order valence-corrected chi connectivity index (χ4v) is 4.50. The molecule has 2 N–H and O–H groups in total. The Balaban J connectivity index is 1.89. The second kappa shape index (κ2) is 6.96. The predicted molar refractivity (Wildman–Crippen MR) is 108 cm³/mol. The fraction of sp³-hybridized carbons (Fsp3) is 0.348. The van der Waals surface area contributed by atoms with Gasteiger partial charge in [-0.15, -0.1) is 0 Å². The number of fused-ring (bicyclic) bond motifs is 2. The van der Waals surface area contributed by atoms with Crippen LogP contribution in [0.4, 0.5) is 17.6 Å². The molecule has 0 bridgehead atoms. The Bertz CT molecular complexity index is 1230. The summed E-state index contributed by atoms with van der Waals surface area (Å²) in [5.74, 6) is -8.12. The Morgan fingerprint density at radius 1 is 1.16 bits per heavy atom. The number of carbonyl (C=O) groups is 1. The van der Waals surface area contributed by atoms with Crippen LogP contribution in [0.15, 0.2) is 41.0 Å². The highest BCUT2D eigenvalue weighted by atomic mass is 19.3. The van der Waals surface area contributed by atoms with E-state index in [1.165, 1.54) is 24.5 Å². The first-order chi connectivity index (χ1) is 14.8. The summed E-state index contributed by atoms with van der Waals surface area (Å²) >= 11 is 0. The zero-order valence-electron chi connectivity index (χ0n) is 17.7. The summed E-state index contributed by atoms with van der Waals surface area (Å²) in [4.78, 5) is 13.0. The summed E-state index contributed by atoms with van der Waals surface area (Å²) in [6.45, 7) is 3.06. The lowest BCUT2D eigenvalue weighted by atomic mass is 9.61. The van der Waals surface area contributed by atoms with E-state index in [0.29, 0.717) is 17.0 Å². The molecule has 0 aliphatic heterocycles. The van der Waals surface area contributed by atoms with Crippen LogP contribution in [0.3, 0.4) is 0 Å². The monoisotopic (exact) mass is 451 g/mol. The highest BCUT2D eigenvalue weighted by Crippen LogP contribution is 2.59. The number of alkyl halides is 2. The molecule has 0 fully saturated rings. The largest absolute Gasteiger partial charge is 0.493 e. The predicted octanol–water partition coefficient (Wildman–Crippen LogP) is 4.87. The average Bonchev–Trinajstić information content (AvgIpc) is 3.19. The number of methoxy groups -OCH3 is 1. The van der Waals surface area contributed by atoms with Gasteiger partial charge in [0.25, 0.3) is 11.8 Å². The lowest BCUT2D eigenvalue weighted by molar-refractivity contribution is -0.228. The van der Waals surface area contributed by atoms with Crippen LogP contribution in [0.2, 0.25) is 0 Å². The maximum Gasteiger partial charge on any atom is 0.287 e. The van der Waals surface area contributed by atoms with E-state index in [0.717, 1.165) is 27.9 Å². The molecule has 0 spiro atoms. The second-order valence-electron chi connectivity index (χ2n) is 8.60. The van der Waals surface area contributed by atoms with Gasteiger partial charge in [0.2, 0.25) is 5.82 Å². The first-order valence-electron chi connectivity index (χ1n) is 9.79. The van der Waals surface area contributed by atoms with E-state index in [9.17, 15) is 18.7 Å². The molecule has 170 valence electrons. The number of nitrogens with one attached hydrogen (secondary N) is 1. The summed E-state index contributed by atoms with van der Waals surface area (Å²) in [6, 6.07) is 5.01. The first kappa shape index (κ1) is 22.1. The van der Waals surface area contributed by atoms with E-state index < -0.39 is 46.3 Å². The number of halogens is 4. The molecule has 0 radical (unpaired) electrons. The molecule has 2 aromatic carbocycles. The summed E-state index contributed by atoms with van der Waals surface area (Å²) in [6.07, 6.45) is 1.43. The molecular weight excluding hydrogens is 430 g/mol. The molecular formula is C23H21F4NO4. The highest BCUT2D eigenvalue weighted by molar-refractivity contribution is 5.98. The lowest BCUT2D eigenvalue weighted by Gasteiger charge is -2.52. The van der Waals surface area contributed by atoms with Crippen molar-refractivity contribution >= 4 is 16.9 Å². The Labute approximate surface area is 181 Å². The van der Waals surface area contributed by atoms with Crippen LogP contribution in [0, 0.1) is 11.6 Å². The van der Waals surface area contributed by atoms with Gasteiger partial charge in [0.05, 0.1) is 24.8 Å². The minimum Gasteiger partial charge on any atom is -0.493 e. The molecule has 1 aliphatic carbocycles. The van der Waals surface area contributed by atoms with E-state index in [1.54, 1.807) is 6.07 Å². The van der Waals surface area contributed by atoms with Crippen LogP contribution in [0.1, 0.15) is 48.3 Å². The molecule has 0 saturated carbocycles. The summed E-state index contributed by atoms with van der Waals surface area (Å²) in [5, 5.41) is 14.0. The molecule has 32 heavy (non-hydrogen) atoms. The van der Waals surface area contributed by atoms with Crippen LogP contribution in [0.5, 0.6) is 5.75 Å². The average molecular weight is 451 g/mol. The maximum atomic E-state index is 15.6. The number of carbonyl (C=O) groups excluding carboxylic acids is 1. The minimum absolute atomic E-state index is 0.110. The van der Waals surface area contributed by atoms with Gasteiger partial charge in [0.15, 0.2) is 17.2 Å². The fourth-order valence-electron chi connectivity index (χ4n) is 4.50. The van der Waals surface area contributed by atoms with Gasteiger partial charge in [0.1, 0.15) is 5.58 Å². The molecule has 1 aliphatic rings. The van der Waals surface area contributed by atoms with Gasteiger partial charge in [-0.1, -0.05) is 0 Å². The molecule has 3 aromatic rings. The van der Waals surface area contributed by atoms with Crippen molar-refractivity contribution in [1.29, 1.82) is 0 Å². The van der Waals surface area contributed by atoms with Gasteiger partial charge in [-0.3, -0.25) is 4.79 Å². The summed E-state index contributed by atoms with van der Waals surface area (Å²) in [7, 11) is 1.03. The number of furan rings is 1. The van der Waals surface area contributed by atoms with E-state index in [1.807, 2.05) is 0 Å². The molecule has 1 heterocycles. The Kier molecular flexibility index (Phi) is 4.82. The van der Waals surface area contributed by atoms with Gasteiger partial charge in [-0.05, 0) is 56.7 Å². The molecule has 5 nitrogen and oxygen atoms in total. The Hall–Kier alpha value is -3.07. The normalized spacial score (nSPS) is 23.6. The molecule has 1 amide bonds. The van der Waals surface area contributed by atoms with E-state index in [-0.39, 0.29) is 16.7 Å². The third-order valence-corrected chi connectivity index (χ3v) is 6.32. The molecule has 0 saturated heterocycles. The third kappa shape index (κ3) is 2.83. The van der Waals surface area contributed by atoms with E-state index in [2.05, 4.69) is 5.32 Å². The molecule has 2 unspecified atom stereocenters. The molecule has 9 heteroatoms. The smallest absolute Gasteiger partial charge is 0.287 e. The number of ether oxygens (including phenoxy) is 1. The van der Waals surface area contributed by atoms with Crippen molar-refractivity contribution in [2.75, 3.05) is 7.11 Å². The topological polar surface area (TPSA) is 71.7 Å². The van der Waals surface area contributed by atoms with Crippen molar-refractivity contribution in [3.8, 4) is 5.75 Å². The van der Waals surface area contributed by atoms with Gasteiger partial charge in [0, 0.05) is 16.5 Å². The number of amides is 1. The quantitative estimate of drug-likeness (QED) is 0.558. The van der Waals surface area contributed by atoms with Crippen molar-refractivity contribution in [2.45, 2.75) is 43.8 Å². The number of aliphatic hydroxyl groups is 1. The summed E-state index contributed by atoms with van der Waals surface area (Å²) < 4.78 is 70.1. The summed E-state index contributed by atoms with van der Waals surface area (Å²) in [5.41, 5.74) is -4.88. The van der Waals surface area contributed by atoms with E-state index >= 15 is 8.78 Å². The van der Waals surface area contributed by atoms with Gasteiger partial charge in [-0.2, -0.15) is 4.39 Å². The zero-order valence-corrected chi connectivity index (χ0v) is 17.7. The van der Waals surface area contributed by atoms with E-state index in [4.69, 9.17) is 9.15 Å². The van der Waals surface area contributed by atoms with Gasteiger partial charge in [-0.25, -0.2) is 13.2 Å². The van der Waals surface area contributed by atoms with Crippen LogP contribution >= 0.6 is 0 Å². The lowest BCUT2D eigenvalue weighted by Crippen LogP contribution is -2.66. The van der Waals surface area contributed by atoms with Crippen molar-refractivity contribution < 1.29 is 36.6 Å². The first-order valence-corrected chi connectivity index (χ1v) is 9.79. The molecule has 2 atom stereocenters. The molecule has 4 rings (SSSR count). The number of rotatable bonds is 3. The van der Waals surface area contributed by atoms with Crippen molar-refractivity contribution in [3.63, 3.8) is 0 Å². The maximum absolute atomic E-state index is 15.6. The highest BCUT2D eigenvalue weighted by Gasteiger charge is 2.68. The SMILES string of the molecule is COc1c(F)c(F)cc2c1C(C)(C)C(F)(F)C(C)(O)C2NC(=O)c1ccc2occc2c1. The number of benzene rings is 2. The second-order valence-corrected chi connectivity index (χ2v) is 8.60. The number of hydrogen-bond acceptors (Lipinski definition) is 4. The van der Waals surface area contributed by atoms with Crippen LogP contribution in [0.25, 0.3) is 11.0 Å². The Morgan fingerprint density at radius 2 is 1.84 bits per heavy atom. The molecule has 1 aromatic heterocycles. The van der Waals surface area contributed by atoms with Crippen molar-refractivity contribution in [1.82, 2.24) is 5.32 Å². The number of hydrogen-bond donors (Lipinski definition) is 2. The van der Waals surface area contributed by atoms with Crippen molar-refractivity contribution in [2.24, 2.45) is 0 Å². The third-order valence-electron chi connectivity index (χ3n) is 6.32. The Morgan fingerprint density at radius 3 is 2.50 bits per heavy atom. The van der Waals surface area contributed by atoms with Crippen LogP contribution in [-0.4, -0.2) is 29.6 Å². The minimum atomic E-state index is -3.86.